The molecule has 2 aliphatic rings. The Morgan fingerprint density at radius 1 is 1.12 bits per heavy atom. The number of piperidine rings is 1. The van der Waals surface area contributed by atoms with Crippen LogP contribution in [0.1, 0.15) is 50.2 Å². The van der Waals surface area contributed by atoms with Gasteiger partial charge in [-0.15, -0.1) is 5.10 Å². The van der Waals surface area contributed by atoms with Crippen molar-refractivity contribution in [2.24, 2.45) is 11.3 Å². The summed E-state index contributed by atoms with van der Waals surface area (Å²) in [7, 11) is 0. The molecule has 0 atom stereocenters. The third kappa shape index (κ3) is 4.80. The molecule has 5 rings (SSSR count). The normalized spacial score (nSPS) is 17.3. The minimum Gasteiger partial charge on any atom is -0.478 e. The molecule has 10 heteroatoms. The van der Waals surface area contributed by atoms with Crippen molar-refractivity contribution >= 4 is 29.1 Å². The Kier molecular flexibility index (Phi) is 6.04. The van der Waals surface area contributed by atoms with Gasteiger partial charge < -0.3 is 24.7 Å². The summed E-state index contributed by atoms with van der Waals surface area (Å²) in [6, 6.07) is 7.37. The summed E-state index contributed by atoms with van der Waals surface area (Å²) in [5.41, 5.74) is 1.78. The number of carbonyl (C=O) groups is 1. The average Bonchev–Trinajstić information content (AvgIpc) is 3.29. The van der Waals surface area contributed by atoms with Crippen molar-refractivity contribution in [2.45, 2.75) is 39.5 Å². The Balaban J connectivity index is 1.14. The highest BCUT2D eigenvalue weighted by Gasteiger charge is 2.43. The number of hydrogen-bond donors (Lipinski definition) is 2. The van der Waals surface area contributed by atoms with Gasteiger partial charge in [0.05, 0.1) is 30.4 Å². The van der Waals surface area contributed by atoms with Gasteiger partial charge >= 0.3 is 17.8 Å². The Morgan fingerprint density at radius 2 is 1.88 bits per heavy atom. The Bertz CT molecular complexity index is 1110. The number of nitrogens with one attached hydrogen (secondary N) is 2. The number of aromatic nitrogens is 4. The van der Waals surface area contributed by atoms with Crippen LogP contribution in [0.4, 0.5) is 23.2 Å². The van der Waals surface area contributed by atoms with Gasteiger partial charge in [0.2, 0.25) is 5.88 Å². The van der Waals surface area contributed by atoms with Gasteiger partial charge in [-0.05, 0) is 62.1 Å². The fourth-order valence-electron chi connectivity index (χ4n) is 5.05. The molecule has 34 heavy (non-hydrogen) atoms. The molecular formula is C24H29N7O3. The predicted molar refractivity (Wildman–Crippen MR) is 127 cm³/mol. The fourth-order valence-corrected chi connectivity index (χ4v) is 5.05. The number of anilines is 4. The molecule has 1 saturated carbocycles. The van der Waals surface area contributed by atoms with Crippen LogP contribution in [0.25, 0.3) is 0 Å². The third-order valence-electron chi connectivity index (χ3n) is 6.62. The summed E-state index contributed by atoms with van der Waals surface area (Å²) in [6.45, 7) is 6.84. The van der Waals surface area contributed by atoms with E-state index >= 15 is 0 Å². The lowest BCUT2D eigenvalue weighted by atomic mass is 9.58. The van der Waals surface area contributed by atoms with Gasteiger partial charge in [0.1, 0.15) is 5.82 Å². The number of pyridine rings is 2. The highest BCUT2D eigenvalue weighted by Crippen LogP contribution is 2.52. The predicted octanol–water partition coefficient (Wildman–Crippen LogP) is 4.27. The van der Waals surface area contributed by atoms with Crippen LogP contribution in [0.15, 0.2) is 41.1 Å². The lowest BCUT2D eigenvalue weighted by molar-refractivity contribution is 0.0380. The number of amides is 1. The SMILES string of the molecule is CCOc1ccc(Nc2nnc(C(=O)Nc3ccc(N4CCC5(CC4)CC(C)C5)nc3)o2)cn1. The van der Waals surface area contributed by atoms with Crippen molar-refractivity contribution in [2.75, 3.05) is 35.2 Å². The van der Waals surface area contributed by atoms with E-state index in [-0.39, 0.29) is 11.9 Å². The number of hydrogen-bond acceptors (Lipinski definition) is 9. The van der Waals surface area contributed by atoms with Crippen LogP contribution in [0, 0.1) is 11.3 Å². The summed E-state index contributed by atoms with van der Waals surface area (Å²) in [5.74, 6) is 1.69. The van der Waals surface area contributed by atoms with Crippen molar-refractivity contribution in [1.29, 1.82) is 0 Å². The van der Waals surface area contributed by atoms with E-state index in [2.05, 4.69) is 42.6 Å². The monoisotopic (exact) mass is 463 g/mol. The molecule has 1 saturated heterocycles. The van der Waals surface area contributed by atoms with Crippen molar-refractivity contribution in [3.05, 3.63) is 42.5 Å². The standard InChI is InChI=1S/C24H29N7O3/c1-3-33-20-7-5-18(15-26-20)28-23-30-29-22(34-23)21(32)27-17-4-6-19(25-14-17)31-10-8-24(9-11-31)12-16(2)13-24/h4-7,14-16H,3,8-13H2,1-2H3,(H,27,32)(H,28,30). The molecule has 1 aliphatic heterocycles. The zero-order valence-electron chi connectivity index (χ0n) is 19.5. The van der Waals surface area contributed by atoms with Crippen LogP contribution >= 0.6 is 0 Å². The topological polar surface area (TPSA) is 118 Å². The molecule has 0 aromatic carbocycles. The molecule has 1 aliphatic carbocycles. The third-order valence-corrected chi connectivity index (χ3v) is 6.62. The van der Waals surface area contributed by atoms with Gasteiger partial charge in [-0.3, -0.25) is 4.79 Å². The largest absolute Gasteiger partial charge is 0.478 e. The maximum Gasteiger partial charge on any atom is 0.320 e. The smallest absolute Gasteiger partial charge is 0.320 e. The first kappa shape index (κ1) is 22.1. The molecule has 178 valence electrons. The van der Waals surface area contributed by atoms with Crippen LogP contribution in [-0.2, 0) is 0 Å². The van der Waals surface area contributed by atoms with Crippen LogP contribution in [0.3, 0.4) is 0 Å². The quantitative estimate of drug-likeness (QED) is 0.529. The molecule has 0 bridgehead atoms. The first-order valence-corrected chi connectivity index (χ1v) is 11.7. The van der Waals surface area contributed by atoms with E-state index in [0.717, 1.165) is 24.8 Å². The van der Waals surface area contributed by atoms with E-state index in [0.29, 0.717) is 29.3 Å². The first-order valence-electron chi connectivity index (χ1n) is 11.7. The molecule has 0 unspecified atom stereocenters. The number of nitrogens with zero attached hydrogens (tertiary/aromatic N) is 5. The minimum absolute atomic E-state index is 0.0910. The Morgan fingerprint density at radius 3 is 2.53 bits per heavy atom. The maximum atomic E-state index is 12.5. The van der Waals surface area contributed by atoms with Gasteiger partial charge in [-0.25, -0.2) is 9.97 Å². The van der Waals surface area contributed by atoms with E-state index in [1.807, 2.05) is 19.1 Å². The molecule has 4 heterocycles. The van der Waals surface area contributed by atoms with E-state index < -0.39 is 5.91 Å². The van der Waals surface area contributed by atoms with Crippen LogP contribution < -0.4 is 20.3 Å². The van der Waals surface area contributed by atoms with Gasteiger partial charge in [0, 0.05) is 19.2 Å². The van der Waals surface area contributed by atoms with E-state index in [9.17, 15) is 4.79 Å². The lowest BCUT2D eigenvalue weighted by Gasteiger charge is -2.51. The summed E-state index contributed by atoms with van der Waals surface area (Å²) in [6.07, 6.45) is 8.43. The molecule has 0 radical (unpaired) electrons. The maximum absolute atomic E-state index is 12.5. The number of carbonyl (C=O) groups excluding carboxylic acids is 1. The molecular weight excluding hydrogens is 434 g/mol. The van der Waals surface area contributed by atoms with E-state index in [1.54, 1.807) is 24.5 Å². The molecule has 2 N–H and O–H groups in total. The summed E-state index contributed by atoms with van der Waals surface area (Å²) in [5, 5.41) is 13.3. The van der Waals surface area contributed by atoms with Gasteiger partial charge in [-0.1, -0.05) is 12.0 Å². The van der Waals surface area contributed by atoms with Crippen molar-refractivity contribution in [3.8, 4) is 5.88 Å². The van der Waals surface area contributed by atoms with Crippen LogP contribution in [-0.4, -0.2) is 45.8 Å². The average molecular weight is 464 g/mol. The lowest BCUT2D eigenvalue weighted by Crippen LogP contribution is -2.46. The first-order chi connectivity index (χ1) is 16.5. The molecule has 1 amide bonds. The second-order valence-corrected chi connectivity index (χ2v) is 9.22. The summed E-state index contributed by atoms with van der Waals surface area (Å²) >= 11 is 0. The van der Waals surface area contributed by atoms with Crippen molar-refractivity contribution in [1.82, 2.24) is 20.2 Å². The summed E-state index contributed by atoms with van der Waals surface area (Å²) < 4.78 is 10.7. The van der Waals surface area contributed by atoms with E-state index in [1.165, 1.54) is 25.7 Å². The van der Waals surface area contributed by atoms with Crippen molar-refractivity contribution < 1.29 is 13.9 Å². The minimum atomic E-state index is -0.501. The zero-order valence-corrected chi connectivity index (χ0v) is 19.5. The number of ether oxygens (including phenoxy) is 1. The Hall–Kier alpha value is -3.69. The van der Waals surface area contributed by atoms with E-state index in [4.69, 9.17) is 9.15 Å². The molecule has 1 spiro atoms. The molecule has 10 nitrogen and oxygen atoms in total. The van der Waals surface area contributed by atoms with Crippen LogP contribution in [0.5, 0.6) is 5.88 Å². The fraction of sp³-hybridized carbons (Fsp3) is 0.458. The Labute approximate surface area is 198 Å². The highest BCUT2D eigenvalue weighted by atomic mass is 16.5. The highest BCUT2D eigenvalue weighted by molar-refractivity contribution is 6.00. The second-order valence-electron chi connectivity index (χ2n) is 9.22. The molecule has 3 aromatic heterocycles. The van der Waals surface area contributed by atoms with Gasteiger partial charge in [0.15, 0.2) is 0 Å². The van der Waals surface area contributed by atoms with Crippen LogP contribution in [0.2, 0.25) is 0 Å². The van der Waals surface area contributed by atoms with Crippen molar-refractivity contribution in [3.63, 3.8) is 0 Å². The van der Waals surface area contributed by atoms with Gasteiger partial charge in [0.25, 0.3) is 0 Å². The van der Waals surface area contributed by atoms with Gasteiger partial charge in [-0.2, -0.15) is 0 Å². The molecule has 3 aromatic rings. The molecule has 2 fully saturated rings. The summed E-state index contributed by atoms with van der Waals surface area (Å²) in [4.78, 5) is 23.6. The second kappa shape index (κ2) is 9.28. The number of rotatable bonds is 7. The zero-order chi connectivity index (χ0) is 23.5.